The lowest BCUT2D eigenvalue weighted by molar-refractivity contribution is 0.102. The number of anilines is 2. The lowest BCUT2D eigenvalue weighted by Gasteiger charge is -2.27. The molecule has 1 amide bonds. The van der Waals surface area contributed by atoms with Crippen LogP contribution in [0.25, 0.3) is 11.5 Å². The second kappa shape index (κ2) is 12.3. The molecule has 0 aliphatic carbocycles. The normalized spacial score (nSPS) is 14.8. The zero-order valence-corrected chi connectivity index (χ0v) is 28.0. The molecule has 0 bridgehead atoms. The van der Waals surface area contributed by atoms with Crippen molar-refractivity contribution in [3.05, 3.63) is 70.7 Å². The van der Waals surface area contributed by atoms with Crippen LogP contribution in [0.2, 0.25) is 0 Å². The Hall–Kier alpha value is -4.23. The summed E-state index contributed by atoms with van der Waals surface area (Å²) in [7, 11) is -0.0257. The van der Waals surface area contributed by atoms with Crippen molar-refractivity contribution in [2.45, 2.75) is 58.8 Å². The second-order valence-electron chi connectivity index (χ2n) is 12.9. The average Bonchev–Trinajstić information content (AvgIpc) is 3.59. The molecule has 240 valence electrons. The van der Waals surface area contributed by atoms with Crippen LogP contribution < -0.4 is 14.8 Å². The molecule has 1 aliphatic rings. The van der Waals surface area contributed by atoms with Crippen LogP contribution in [0.1, 0.15) is 72.4 Å². The van der Waals surface area contributed by atoms with Crippen LogP contribution in [0.3, 0.4) is 0 Å². The molecule has 4 aromatic rings. The number of nitrogens with zero attached hydrogens (tertiary/aromatic N) is 6. The van der Waals surface area contributed by atoms with E-state index in [2.05, 4.69) is 38.4 Å². The van der Waals surface area contributed by atoms with Crippen LogP contribution in [-0.4, -0.2) is 77.5 Å². The highest BCUT2D eigenvalue weighted by Gasteiger charge is 2.24. The number of methoxy groups -OCH3 is 1. The standard InChI is InChI=1S/C32H42N8O4S/c1-20-9-10-23(31(41)33-26-17-24(32(3,4)5)18-27(30(26)44-7)36-45(8,42)43)16-28(20)39-19-29(34-37-39)40-21(2)15-25(35-40)22-11-13-38(6)14-12-22/h9-10,15-19,22,36H,11-14H2,1-8H3,(H,33,41). The molecule has 5 rings (SSSR count). The predicted molar refractivity (Wildman–Crippen MR) is 176 cm³/mol. The van der Waals surface area contributed by atoms with Crippen LogP contribution in [0.4, 0.5) is 11.4 Å². The van der Waals surface area contributed by atoms with E-state index in [1.807, 2.05) is 45.4 Å². The van der Waals surface area contributed by atoms with E-state index in [9.17, 15) is 13.2 Å². The van der Waals surface area contributed by atoms with Crippen LogP contribution in [0.15, 0.2) is 42.6 Å². The summed E-state index contributed by atoms with van der Waals surface area (Å²) in [5.74, 6) is 0.839. The first-order valence-electron chi connectivity index (χ1n) is 14.9. The molecule has 2 aromatic heterocycles. The summed E-state index contributed by atoms with van der Waals surface area (Å²) in [5, 5.41) is 16.6. The Kier molecular flexibility index (Phi) is 8.78. The van der Waals surface area contributed by atoms with E-state index in [1.54, 1.807) is 35.1 Å². The molecule has 1 fully saturated rings. The zero-order valence-electron chi connectivity index (χ0n) is 27.2. The summed E-state index contributed by atoms with van der Waals surface area (Å²) in [5.41, 5.74) is 5.11. The number of amides is 1. The van der Waals surface area contributed by atoms with Gasteiger partial charge in [-0.3, -0.25) is 9.52 Å². The lowest BCUT2D eigenvalue weighted by atomic mass is 9.86. The highest BCUT2D eigenvalue weighted by Crippen LogP contribution is 2.39. The molecule has 0 atom stereocenters. The van der Waals surface area contributed by atoms with Crippen LogP contribution in [0.5, 0.6) is 5.75 Å². The monoisotopic (exact) mass is 634 g/mol. The van der Waals surface area contributed by atoms with Gasteiger partial charge in [-0.1, -0.05) is 32.1 Å². The van der Waals surface area contributed by atoms with Crippen molar-refractivity contribution >= 4 is 27.3 Å². The van der Waals surface area contributed by atoms with E-state index in [-0.39, 0.29) is 16.9 Å². The minimum atomic E-state index is -3.60. The lowest BCUT2D eigenvalue weighted by Crippen LogP contribution is -2.29. The average molecular weight is 635 g/mol. The van der Waals surface area contributed by atoms with Crippen molar-refractivity contribution in [1.82, 2.24) is 29.7 Å². The van der Waals surface area contributed by atoms with Crippen molar-refractivity contribution in [2.75, 3.05) is 43.5 Å². The maximum absolute atomic E-state index is 13.6. The van der Waals surface area contributed by atoms with E-state index in [4.69, 9.17) is 9.84 Å². The Balaban J connectivity index is 1.43. The first kappa shape index (κ1) is 32.2. The summed E-state index contributed by atoms with van der Waals surface area (Å²) in [6.45, 7) is 12.1. The van der Waals surface area contributed by atoms with Crippen LogP contribution >= 0.6 is 0 Å². The number of hydrogen-bond donors (Lipinski definition) is 2. The van der Waals surface area contributed by atoms with E-state index < -0.39 is 15.9 Å². The van der Waals surface area contributed by atoms with Gasteiger partial charge in [-0.25, -0.2) is 17.8 Å². The maximum Gasteiger partial charge on any atom is 0.255 e. The molecule has 2 aromatic carbocycles. The first-order chi connectivity index (χ1) is 21.1. The highest BCUT2D eigenvalue weighted by atomic mass is 32.2. The molecule has 0 saturated carbocycles. The molecule has 45 heavy (non-hydrogen) atoms. The predicted octanol–water partition coefficient (Wildman–Crippen LogP) is 4.81. The van der Waals surface area contributed by atoms with Gasteiger partial charge in [0.05, 0.1) is 42.3 Å². The van der Waals surface area contributed by atoms with E-state index in [0.29, 0.717) is 28.7 Å². The third-order valence-electron chi connectivity index (χ3n) is 8.16. The van der Waals surface area contributed by atoms with Gasteiger partial charge in [-0.05, 0) is 93.7 Å². The van der Waals surface area contributed by atoms with Gasteiger partial charge in [0.2, 0.25) is 10.0 Å². The molecule has 0 spiro atoms. The molecule has 12 nitrogen and oxygen atoms in total. The third-order valence-corrected chi connectivity index (χ3v) is 8.75. The number of nitrogens with one attached hydrogen (secondary N) is 2. The molecular weight excluding hydrogens is 592 g/mol. The van der Waals surface area contributed by atoms with Crippen molar-refractivity contribution in [2.24, 2.45) is 0 Å². The minimum Gasteiger partial charge on any atom is -0.492 e. The quantitative estimate of drug-likeness (QED) is 0.282. The Morgan fingerprint density at radius 2 is 1.73 bits per heavy atom. The number of carbonyl (C=O) groups is 1. The number of aromatic nitrogens is 5. The van der Waals surface area contributed by atoms with Crippen molar-refractivity contribution < 1.29 is 17.9 Å². The van der Waals surface area contributed by atoms with Gasteiger partial charge in [-0.2, -0.15) is 5.10 Å². The minimum absolute atomic E-state index is 0.212. The Morgan fingerprint density at radius 1 is 1.04 bits per heavy atom. The summed E-state index contributed by atoms with van der Waals surface area (Å²) < 4.78 is 35.8. The molecule has 0 unspecified atom stereocenters. The van der Waals surface area contributed by atoms with E-state index in [0.717, 1.165) is 54.7 Å². The zero-order chi connectivity index (χ0) is 32.7. The Bertz CT molecular complexity index is 1830. The number of piperidine rings is 1. The fraction of sp³-hybridized carbons (Fsp3) is 0.438. The highest BCUT2D eigenvalue weighted by molar-refractivity contribution is 7.92. The largest absolute Gasteiger partial charge is 0.492 e. The van der Waals surface area contributed by atoms with Gasteiger partial charge in [0.1, 0.15) is 0 Å². The number of ether oxygens (including phenoxy) is 1. The van der Waals surface area contributed by atoms with Gasteiger partial charge in [0.15, 0.2) is 11.6 Å². The molecule has 0 radical (unpaired) electrons. The molecule has 3 heterocycles. The Labute approximate surface area is 264 Å². The van der Waals surface area contributed by atoms with Crippen molar-refractivity contribution in [3.63, 3.8) is 0 Å². The Morgan fingerprint density at radius 3 is 2.38 bits per heavy atom. The fourth-order valence-corrected chi connectivity index (χ4v) is 6.10. The summed E-state index contributed by atoms with van der Waals surface area (Å²) in [6, 6.07) is 11.0. The van der Waals surface area contributed by atoms with E-state index in [1.165, 1.54) is 7.11 Å². The van der Waals surface area contributed by atoms with E-state index >= 15 is 0 Å². The van der Waals surface area contributed by atoms with Gasteiger partial charge >= 0.3 is 0 Å². The second-order valence-corrected chi connectivity index (χ2v) is 14.7. The van der Waals surface area contributed by atoms with Gasteiger partial charge in [0.25, 0.3) is 5.91 Å². The molecular formula is C32H42N8O4S. The number of rotatable bonds is 8. The SMILES string of the molecule is COc1c(NC(=O)c2ccc(C)c(-n3cc(-n4nc(C5CCN(C)CC5)cc4C)nn3)c2)cc(C(C)(C)C)cc1NS(C)(=O)=O. The summed E-state index contributed by atoms with van der Waals surface area (Å²) in [6.07, 6.45) is 5.03. The number of hydrogen-bond acceptors (Lipinski definition) is 8. The number of carbonyl (C=O) groups excluding carboxylic acids is 1. The summed E-state index contributed by atoms with van der Waals surface area (Å²) >= 11 is 0. The summed E-state index contributed by atoms with van der Waals surface area (Å²) in [4.78, 5) is 16.0. The number of likely N-dealkylation sites (tertiary alicyclic amines) is 1. The van der Waals surface area contributed by atoms with Gasteiger partial charge < -0.3 is 15.0 Å². The molecule has 13 heteroatoms. The molecule has 2 N–H and O–H groups in total. The van der Waals surface area contributed by atoms with Crippen molar-refractivity contribution in [1.29, 1.82) is 0 Å². The topological polar surface area (TPSA) is 136 Å². The van der Waals surface area contributed by atoms with Crippen molar-refractivity contribution in [3.8, 4) is 17.3 Å². The van der Waals surface area contributed by atoms with Gasteiger partial charge in [-0.15, -0.1) is 5.10 Å². The first-order valence-corrected chi connectivity index (χ1v) is 16.8. The van der Waals surface area contributed by atoms with Crippen LogP contribution in [-0.2, 0) is 15.4 Å². The fourth-order valence-electron chi connectivity index (χ4n) is 5.55. The number of sulfonamides is 1. The van der Waals surface area contributed by atoms with Crippen LogP contribution in [0, 0.1) is 13.8 Å². The molecule has 1 aliphatic heterocycles. The third kappa shape index (κ3) is 7.20. The number of benzene rings is 2. The smallest absolute Gasteiger partial charge is 0.255 e. The maximum atomic E-state index is 13.6. The van der Waals surface area contributed by atoms with Gasteiger partial charge in [0, 0.05) is 17.2 Å². The molecule has 1 saturated heterocycles. The number of aryl methyl sites for hydroxylation is 2.